The van der Waals surface area contributed by atoms with Crippen molar-refractivity contribution in [2.75, 3.05) is 0 Å². The summed E-state index contributed by atoms with van der Waals surface area (Å²) in [6.07, 6.45) is -2.70. The number of rotatable bonds is 2. The Morgan fingerprint density at radius 3 is 2.46 bits per heavy atom. The highest BCUT2D eigenvalue weighted by Gasteiger charge is 2.20. The van der Waals surface area contributed by atoms with Crippen LogP contribution in [0.5, 0.6) is 0 Å². The van der Waals surface area contributed by atoms with Crippen LogP contribution in [0.25, 0.3) is 0 Å². The maximum Gasteiger partial charge on any atom is 0.257 e. The molecule has 0 bridgehead atoms. The summed E-state index contributed by atoms with van der Waals surface area (Å²) in [5.74, 6) is -0.589. The monoisotopic (exact) mass is 253 g/mol. The Morgan fingerprint density at radius 2 is 1.92 bits per heavy atom. The van der Waals surface area contributed by atoms with Gasteiger partial charge in [-0.25, -0.2) is 13.2 Å². The molecule has 0 fully saturated rings. The zero-order valence-corrected chi connectivity index (χ0v) is 8.06. The minimum absolute atomic E-state index is 0.00259. The van der Waals surface area contributed by atoms with Crippen LogP contribution in [0.4, 0.5) is 13.2 Å². The van der Waals surface area contributed by atoms with Gasteiger partial charge in [-0.2, -0.15) is 0 Å². The van der Waals surface area contributed by atoms with Gasteiger partial charge in [0, 0.05) is 0 Å². The van der Waals surface area contributed by atoms with Crippen LogP contribution in [-0.4, -0.2) is 6.43 Å². The molecule has 0 unspecified atom stereocenters. The van der Waals surface area contributed by atoms with Gasteiger partial charge in [0.05, 0.1) is 10.5 Å². The van der Waals surface area contributed by atoms with Gasteiger partial charge in [0.1, 0.15) is 5.82 Å². The molecule has 1 aromatic rings. The Labute approximate surface area is 81.9 Å². The first kappa shape index (κ1) is 10.5. The van der Waals surface area contributed by atoms with Crippen LogP contribution in [0.2, 0.25) is 0 Å². The fraction of sp³-hybridized carbons (Fsp3) is 0.250. The van der Waals surface area contributed by atoms with E-state index in [1.165, 1.54) is 18.2 Å². The van der Waals surface area contributed by atoms with Crippen molar-refractivity contribution >= 4 is 15.9 Å². The van der Waals surface area contributed by atoms with Crippen molar-refractivity contribution in [3.63, 3.8) is 0 Å². The number of alkyl halides is 2. The zero-order chi connectivity index (χ0) is 10.0. The molecule has 13 heavy (non-hydrogen) atoms. The summed E-state index contributed by atoms with van der Waals surface area (Å²) >= 11 is 2.86. The first-order chi connectivity index (χ1) is 6.04. The minimum Gasteiger partial charge on any atom is -0.319 e. The summed E-state index contributed by atoms with van der Waals surface area (Å²) in [6, 6.07) is 2.43. The molecular formula is C8H7BrF3N. The molecule has 0 aliphatic carbocycles. The van der Waals surface area contributed by atoms with Crippen molar-refractivity contribution in [2.24, 2.45) is 5.73 Å². The van der Waals surface area contributed by atoms with Gasteiger partial charge in [-0.15, -0.1) is 0 Å². The van der Waals surface area contributed by atoms with E-state index in [4.69, 9.17) is 5.73 Å². The first-order valence-electron chi connectivity index (χ1n) is 3.51. The van der Waals surface area contributed by atoms with Crippen molar-refractivity contribution in [2.45, 2.75) is 12.5 Å². The lowest BCUT2D eigenvalue weighted by atomic mass is 10.1. The highest BCUT2D eigenvalue weighted by Crippen LogP contribution is 2.27. The molecule has 2 N–H and O–H groups in total. The molecule has 1 nitrogen and oxygen atoms in total. The molecule has 0 spiro atoms. The number of nitrogens with two attached hydrogens (primary N) is 1. The third kappa shape index (κ3) is 2.22. The smallest absolute Gasteiger partial charge is 0.257 e. The second kappa shape index (κ2) is 4.11. The lowest BCUT2D eigenvalue weighted by Crippen LogP contribution is -2.19. The third-order valence-corrected chi connectivity index (χ3v) is 2.45. The number of benzene rings is 1. The normalized spacial score (nSPS) is 13.4. The Kier molecular flexibility index (Phi) is 3.33. The van der Waals surface area contributed by atoms with Gasteiger partial charge in [0.25, 0.3) is 6.43 Å². The Bertz CT molecular complexity index is 303. The second-order valence-corrected chi connectivity index (χ2v) is 3.30. The molecule has 1 rings (SSSR count). The predicted molar refractivity (Wildman–Crippen MR) is 47.0 cm³/mol. The number of hydrogen-bond acceptors (Lipinski definition) is 1. The van der Waals surface area contributed by atoms with Gasteiger partial charge in [-0.3, -0.25) is 0 Å². The average Bonchev–Trinajstić information content (AvgIpc) is 2.08. The van der Waals surface area contributed by atoms with Crippen LogP contribution in [0.1, 0.15) is 11.6 Å². The maximum absolute atomic E-state index is 12.9. The van der Waals surface area contributed by atoms with Crippen molar-refractivity contribution in [3.05, 3.63) is 34.1 Å². The molecule has 5 heteroatoms. The largest absolute Gasteiger partial charge is 0.319 e. The summed E-state index contributed by atoms with van der Waals surface area (Å²) in [7, 11) is 0. The van der Waals surface area contributed by atoms with Gasteiger partial charge < -0.3 is 5.73 Å². The summed E-state index contributed by atoms with van der Waals surface area (Å²) < 4.78 is 37.2. The van der Waals surface area contributed by atoms with Crippen molar-refractivity contribution < 1.29 is 13.2 Å². The zero-order valence-electron chi connectivity index (χ0n) is 6.48. The molecular weight excluding hydrogens is 247 g/mol. The van der Waals surface area contributed by atoms with Crippen molar-refractivity contribution in [3.8, 4) is 0 Å². The molecule has 0 heterocycles. The fourth-order valence-corrected chi connectivity index (χ4v) is 1.44. The fourth-order valence-electron chi connectivity index (χ4n) is 0.914. The number of hydrogen-bond donors (Lipinski definition) is 1. The van der Waals surface area contributed by atoms with E-state index in [1.54, 1.807) is 0 Å². The molecule has 0 amide bonds. The van der Waals surface area contributed by atoms with E-state index in [9.17, 15) is 13.2 Å². The van der Waals surface area contributed by atoms with E-state index < -0.39 is 18.3 Å². The molecule has 0 aliphatic rings. The minimum atomic E-state index is -2.70. The van der Waals surface area contributed by atoms with Gasteiger partial charge in [0.2, 0.25) is 0 Å². The maximum atomic E-state index is 12.9. The van der Waals surface area contributed by atoms with Gasteiger partial charge in [-0.05, 0) is 27.6 Å². The Morgan fingerprint density at radius 1 is 1.31 bits per heavy atom. The SMILES string of the molecule is N[C@H](c1cccc(F)c1Br)C(F)F. The third-order valence-electron chi connectivity index (χ3n) is 1.61. The predicted octanol–water partition coefficient (Wildman–Crippen LogP) is 2.85. The molecule has 0 aromatic heterocycles. The summed E-state index contributed by atoms with van der Waals surface area (Å²) in [6.45, 7) is 0. The quantitative estimate of drug-likeness (QED) is 0.862. The molecule has 72 valence electrons. The van der Waals surface area contributed by atoms with E-state index in [-0.39, 0.29) is 10.0 Å². The van der Waals surface area contributed by atoms with E-state index in [0.717, 1.165) is 0 Å². The Hall–Kier alpha value is -0.550. The summed E-state index contributed by atoms with van der Waals surface area (Å²) in [5.41, 5.74) is 5.24. The molecule has 1 aromatic carbocycles. The van der Waals surface area contributed by atoms with E-state index in [0.29, 0.717) is 0 Å². The highest BCUT2D eigenvalue weighted by atomic mass is 79.9. The first-order valence-corrected chi connectivity index (χ1v) is 4.31. The van der Waals surface area contributed by atoms with Crippen molar-refractivity contribution in [1.29, 1.82) is 0 Å². The number of halogens is 4. The van der Waals surface area contributed by atoms with E-state index in [1.807, 2.05) is 0 Å². The van der Waals surface area contributed by atoms with Crippen LogP contribution >= 0.6 is 15.9 Å². The Balaban J connectivity index is 3.07. The molecule has 1 atom stereocenters. The van der Waals surface area contributed by atoms with Crippen molar-refractivity contribution in [1.82, 2.24) is 0 Å². The van der Waals surface area contributed by atoms with E-state index in [2.05, 4.69) is 15.9 Å². The van der Waals surface area contributed by atoms with Crippen LogP contribution in [0.3, 0.4) is 0 Å². The van der Waals surface area contributed by atoms with Crippen LogP contribution in [0, 0.1) is 5.82 Å². The van der Waals surface area contributed by atoms with Crippen LogP contribution in [-0.2, 0) is 0 Å². The van der Waals surface area contributed by atoms with Crippen LogP contribution in [0.15, 0.2) is 22.7 Å². The second-order valence-electron chi connectivity index (χ2n) is 2.50. The standard InChI is InChI=1S/C8H7BrF3N/c9-6-4(7(13)8(11)12)2-1-3-5(6)10/h1-3,7-8H,13H2/t7-/m1/s1. The van der Waals surface area contributed by atoms with E-state index >= 15 is 0 Å². The summed E-state index contributed by atoms with van der Waals surface area (Å²) in [5, 5.41) is 0. The average molecular weight is 254 g/mol. The molecule has 0 aliphatic heterocycles. The highest BCUT2D eigenvalue weighted by molar-refractivity contribution is 9.10. The summed E-state index contributed by atoms with van der Waals surface area (Å²) in [4.78, 5) is 0. The van der Waals surface area contributed by atoms with Crippen LogP contribution < -0.4 is 5.73 Å². The molecule has 0 saturated heterocycles. The van der Waals surface area contributed by atoms with Gasteiger partial charge >= 0.3 is 0 Å². The lowest BCUT2D eigenvalue weighted by Gasteiger charge is -2.12. The molecule has 0 radical (unpaired) electrons. The van der Waals surface area contributed by atoms with Gasteiger partial charge in [0.15, 0.2) is 0 Å². The van der Waals surface area contributed by atoms with Gasteiger partial charge in [-0.1, -0.05) is 12.1 Å². The molecule has 0 saturated carbocycles. The topological polar surface area (TPSA) is 26.0 Å². The lowest BCUT2D eigenvalue weighted by molar-refractivity contribution is 0.116.